The van der Waals surface area contributed by atoms with Gasteiger partial charge in [-0.05, 0) is 66.3 Å². The molecule has 1 saturated heterocycles. The van der Waals surface area contributed by atoms with E-state index >= 15 is 0 Å². The smallest absolute Gasteiger partial charge is 0.285 e. The van der Waals surface area contributed by atoms with Crippen LogP contribution in [0, 0.1) is 5.82 Å². The summed E-state index contributed by atoms with van der Waals surface area (Å²) in [4.78, 5) is 26.2. The second kappa shape index (κ2) is 10.4. The standard InChI is InChI=1S/C27H19ClFN3O3S2/c1-35-20-10-7-16(8-11-20)25(33)30-32-26(34)24(37-27(32)36)12-18-15-31(23-5-3-2-4-21(18)23)14-17-6-9-19(29)13-22(17)28/h2-13,15H,14H2,1H3,(H,30,33)/b24-12-. The minimum Gasteiger partial charge on any atom is -0.497 e. The molecule has 3 aromatic carbocycles. The topological polar surface area (TPSA) is 63.6 Å². The van der Waals surface area contributed by atoms with Gasteiger partial charge in [0.15, 0.2) is 4.32 Å². The van der Waals surface area contributed by atoms with E-state index in [9.17, 15) is 14.0 Å². The van der Waals surface area contributed by atoms with E-state index in [4.69, 9.17) is 28.6 Å². The molecule has 2 amide bonds. The summed E-state index contributed by atoms with van der Waals surface area (Å²) in [5.74, 6) is -0.665. The number of thioether (sulfide) groups is 1. The van der Waals surface area contributed by atoms with Crippen LogP contribution < -0.4 is 10.2 Å². The molecule has 5 rings (SSSR count). The van der Waals surface area contributed by atoms with E-state index in [1.165, 1.54) is 19.2 Å². The Labute approximate surface area is 226 Å². The van der Waals surface area contributed by atoms with Gasteiger partial charge in [0.05, 0.1) is 12.0 Å². The molecule has 0 unspecified atom stereocenters. The Morgan fingerprint density at radius 2 is 1.92 bits per heavy atom. The predicted molar refractivity (Wildman–Crippen MR) is 148 cm³/mol. The molecule has 10 heteroatoms. The van der Waals surface area contributed by atoms with Crippen LogP contribution in [0.2, 0.25) is 5.02 Å². The van der Waals surface area contributed by atoms with Crippen molar-refractivity contribution in [2.24, 2.45) is 0 Å². The molecular weight excluding hydrogens is 533 g/mol. The first-order chi connectivity index (χ1) is 17.8. The lowest BCUT2D eigenvalue weighted by Crippen LogP contribution is -2.44. The molecule has 6 nitrogen and oxygen atoms in total. The van der Waals surface area contributed by atoms with Crippen LogP contribution in [0.25, 0.3) is 17.0 Å². The third-order valence-electron chi connectivity index (χ3n) is 5.82. The maximum Gasteiger partial charge on any atom is 0.285 e. The van der Waals surface area contributed by atoms with Gasteiger partial charge in [-0.3, -0.25) is 15.0 Å². The van der Waals surface area contributed by atoms with Gasteiger partial charge in [-0.15, -0.1) is 0 Å². The van der Waals surface area contributed by atoms with Crippen LogP contribution in [0.3, 0.4) is 0 Å². The zero-order valence-corrected chi connectivity index (χ0v) is 21.8. The van der Waals surface area contributed by atoms with Gasteiger partial charge in [0.2, 0.25) is 0 Å². The van der Waals surface area contributed by atoms with Gasteiger partial charge >= 0.3 is 0 Å². The molecule has 1 N–H and O–H groups in total. The highest BCUT2D eigenvalue weighted by atomic mass is 35.5. The normalized spacial score (nSPS) is 14.6. The number of para-hydroxylation sites is 1. The van der Waals surface area contributed by atoms with Crippen LogP contribution in [-0.4, -0.2) is 32.8 Å². The van der Waals surface area contributed by atoms with Crippen LogP contribution in [-0.2, 0) is 11.3 Å². The maximum absolute atomic E-state index is 13.5. The first-order valence-corrected chi connectivity index (χ1v) is 12.7. The molecular formula is C27H19ClFN3O3S2. The fourth-order valence-corrected chi connectivity index (χ4v) is 5.37. The number of hydrogen-bond acceptors (Lipinski definition) is 5. The Hall–Kier alpha value is -3.66. The van der Waals surface area contributed by atoms with Crippen LogP contribution in [0.15, 0.2) is 77.8 Å². The number of nitrogens with zero attached hydrogens (tertiary/aromatic N) is 2. The van der Waals surface area contributed by atoms with Crippen molar-refractivity contribution in [1.82, 2.24) is 15.0 Å². The van der Waals surface area contributed by atoms with E-state index in [1.54, 1.807) is 36.4 Å². The number of benzene rings is 3. The molecule has 1 aromatic heterocycles. The molecule has 0 spiro atoms. The molecule has 0 saturated carbocycles. The average molecular weight is 552 g/mol. The number of carbonyl (C=O) groups is 2. The number of rotatable bonds is 6. The third-order valence-corrected chi connectivity index (χ3v) is 7.48. The van der Waals surface area contributed by atoms with Gasteiger partial charge in [-0.2, -0.15) is 5.01 Å². The van der Waals surface area contributed by atoms with Gasteiger partial charge in [0, 0.05) is 39.8 Å². The Kier molecular flexibility index (Phi) is 7.01. The molecule has 1 aliphatic heterocycles. The maximum atomic E-state index is 13.5. The molecule has 186 valence electrons. The lowest BCUT2D eigenvalue weighted by atomic mass is 10.1. The lowest BCUT2D eigenvalue weighted by molar-refractivity contribution is -0.123. The third kappa shape index (κ3) is 5.11. The van der Waals surface area contributed by atoms with E-state index in [-0.39, 0.29) is 4.32 Å². The first-order valence-electron chi connectivity index (χ1n) is 11.1. The summed E-state index contributed by atoms with van der Waals surface area (Å²) in [7, 11) is 1.54. The minimum atomic E-state index is -0.465. The van der Waals surface area contributed by atoms with Crippen LogP contribution in [0.4, 0.5) is 4.39 Å². The summed E-state index contributed by atoms with van der Waals surface area (Å²) in [6.45, 7) is 0.423. The molecule has 0 bridgehead atoms. The summed E-state index contributed by atoms with van der Waals surface area (Å²) in [5, 5.41) is 2.34. The molecule has 37 heavy (non-hydrogen) atoms. The number of amides is 2. The Bertz CT molecular complexity index is 1580. The number of carbonyl (C=O) groups excluding carboxylic acids is 2. The molecule has 1 fully saturated rings. The Morgan fingerprint density at radius 1 is 1.16 bits per heavy atom. The summed E-state index contributed by atoms with van der Waals surface area (Å²) in [6, 6.07) is 18.6. The highest BCUT2D eigenvalue weighted by Crippen LogP contribution is 2.34. The number of halogens is 2. The van der Waals surface area contributed by atoms with E-state index in [2.05, 4.69) is 5.43 Å². The second-order valence-corrected chi connectivity index (χ2v) is 10.2. The number of methoxy groups -OCH3 is 1. The predicted octanol–water partition coefficient (Wildman–Crippen LogP) is 6.04. The number of ether oxygens (including phenoxy) is 1. The van der Waals surface area contributed by atoms with Crippen molar-refractivity contribution in [3.63, 3.8) is 0 Å². The first kappa shape index (κ1) is 25.0. The van der Waals surface area contributed by atoms with Crippen LogP contribution in [0.5, 0.6) is 5.75 Å². The van der Waals surface area contributed by atoms with Crippen molar-refractivity contribution in [3.05, 3.63) is 105 Å². The van der Waals surface area contributed by atoms with Crippen molar-refractivity contribution >= 4 is 68.7 Å². The SMILES string of the molecule is COc1ccc(C(=O)NN2C(=O)/C(=C/c3cn(Cc4ccc(F)cc4Cl)c4ccccc34)SC2=S)cc1. The average Bonchev–Trinajstić information content (AvgIpc) is 3.37. The highest BCUT2D eigenvalue weighted by molar-refractivity contribution is 8.26. The summed E-state index contributed by atoms with van der Waals surface area (Å²) < 4.78 is 20.8. The van der Waals surface area contributed by atoms with E-state index in [1.807, 2.05) is 35.0 Å². The van der Waals surface area contributed by atoms with Gasteiger partial charge in [-0.1, -0.05) is 47.6 Å². The van der Waals surface area contributed by atoms with E-state index in [0.717, 1.165) is 38.8 Å². The van der Waals surface area contributed by atoms with Crippen molar-refractivity contribution in [1.29, 1.82) is 0 Å². The number of fused-ring (bicyclic) bond motifs is 1. The second-order valence-electron chi connectivity index (χ2n) is 8.15. The zero-order valence-electron chi connectivity index (χ0n) is 19.4. The molecule has 1 aliphatic rings. The van der Waals surface area contributed by atoms with Crippen molar-refractivity contribution in [3.8, 4) is 5.75 Å². The zero-order chi connectivity index (χ0) is 26.1. The Morgan fingerprint density at radius 3 is 2.65 bits per heavy atom. The molecule has 4 aromatic rings. The largest absolute Gasteiger partial charge is 0.497 e. The van der Waals surface area contributed by atoms with Crippen molar-refractivity contribution in [2.75, 3.05) is 7.11 Å². The summed E-state index contributed by atoms with van der Waals surface area (Å²) in [6.07, 6.45) is 3.66. The monoisotopic (exact) mass is 551 g/mol. The van der Waals surface area contributed by atoms with Gasteiger partial charge in [0.1, 0.15) is 11.6 Å². The number of aromatic nitrogens is 1. The van der Waals surface area contributed by atoms with E-state index < -0.39 is 17.6 Å². The minimum absolute atomic E-state index is 0.222. The summed E-state index contributed by atoms with van der Waals surface area (Å²) >= 11 is 12.7. The fourth-order valence-electron chi connectivity index (χ4n) is 3.97. The van der Waals surface area contributed by atoms with Crippen LogP contribution >= 0.6 is 35.6 Å². The van der Waals surface area contributed by atoms with E-state index in [0.29, 0.717) is 27.8 Å². The highest BCUT2D eigenvalue weighted by Gasteiger charge is 2.34. The molecule has 0 atom stereocenters. The molecule has 0 aliphatic carbocycles. The number of hydrogen-bond donors (Lipinski definition) is 1. The number of nitrogens with one attached hydrogen (secondary N) is 1. The lowest BCUT2D eigenvalue weighted by Gasteiger charge is -2.15. The van der Waals surface area contributed by atoms with Gasteiger partial charge in [-0.25, -0.2) is 4.39 Å². The quantitative estimate of drug-likeness (QED) is 0.234. The van der Waals surface area contributed by atoms with Gasteiger partial charge < -0.3 is 9.30 Å². The molecule has 2 heterocycles. The van der Waals surface area contributed by atoms with Crippen LogP contribution in [0.1, 0.15) is 21.5 Å². The number of hydrazine groups is 1. The fraction of sp³-hybridized carbons (Fsp3) is 0.0741. The number of thiocarbonyl (C=S) groups is 1. The van der Waals surface area contributed by atoms with Crippen molar-refractivity contribution in [2.45, 2.75) is 6.54 Å². The Balaban J connectivity index is 1.41. The van der Waals surface area contributed by atoms with Crippen molar-refractivity contribution < 1.29 is 18.7 Å². The summed E-state index contributed by atoms with van der Waals surface area (Å²) in [5.41, 5.74) is 5.44. The van der Waals surface area contributed by atoms with Gasteiger partial charge in [0.25, 0.3) is 11.8 Å². The molecule has 0 radical (unpaired) electrons.